The van der Waals surface area contributed by atoms with Crippen molar-refractivity contribution < 1.29 is 14.6 Å². The number of aromatic carboxylic acids is 1. The predicted octanol–water partition coefficient (Wildman–Crippen LogP) is 2.35. The quantitative estimate of drug-likeness (QED) is 0.822. The second-order valence-corrected chi connectivity index (χ2v) is 3.98. The van der Waals surface area contributed by atoms with E-state index in [-0.39, 0.29) is 5.56 Å². The molecule has 15 heavy (non-hydrogen) atoms. The van der Waals surface area contributed by atoms with E-state index >= 15 is 0 Å². The van der Waals surface area contributed by atoms with Gasteiger partial charge in [0.15, 0.2) is 0 Å². The second-order valence-electron chi connectivity index (χ2n) is 3.98. The molecular formula is C12H14O3. The molecule has 0 unspecified atom stereocenters. The fourth-order valence-electron chi connectivity index (χ4n) is 1.68. The zero-order chi connectivity index (χ0) is 10.8. The molecular weight excluding hydrogens is 192 g/mol. The first-order valence-corrected chi connectivity index (χ1v) is 5.11. The summed E-state index contributed by atoms with van der Waals surface area (Å²) in [7, 11) is 1.58. The molecule has 1 fully saturated rings. The number of benzene rings is 1. The van der Waals surface area contributed by atoms with Crippen LogP contribution < -0.4 is 4.74 Å². The van der Waals surface area contributed by atoms with Crippen LogP contribution >= 0.6 is 0 Å². The predicted molar refractivity (Wildman–Crippen MR) is 56.4 cm³/mol. The zero-order valence-corrected chi connectivity index (χ0v) is 8.69. The smallest absolute Gasteiger partial charge is 0.335 e. The van der Waals surface area contributed by atoms with Crippen molar-refractivity contribution >= 4 is 5.97 Å². The maximum absolute atomic E-state index is 10.8. The van der Waals surface area contributed by atoms with Gasteiger partial charge in [0.1, 0.15) is 5.75 Å². The maximum atomic E-state index is 10.8. The third kappa shape index (κ3) is 2.29. The van der Waals surface area contributed by atoms with Gasteiger partial charge in [0.25, 0.3) is 0 Å². The summed E-state index contributed by atoms with van der Waals surface area (Å²) in [5.41, 5.74) is 1.40. The molecule has 1 N–H and O–H groups in total. The minimum atomic E-state index is -0.911. The normalized spacial score (nSPS) is 15.0. The standard InChI is InChI=1S/C12H14O3/c1-15-11-7-10(12(13)14)5-4-9(11)6-8-2-3-8/h4-5,7-8H,2-3,6H2,1H3,(H,13,14). The van der Waals surface area contributed by atoms with Crippen LogP contribution in [0.5, 0.6) is 5.75 Å². The molecule has 1 aliphatic rings. The second kappa shape index (κ2) is 3.93. The lowest BCUT2D eigenvalue weighted by Gasteiger charge is -2.08. The molecule has 0 bridgehead atoms. The Morgan fingerprint density at radius 3 is 2.80 bits per heavy atom. The minimum absolute atomic E-state index is 0.284. The van der Waals surface area contributed by atoms with E-state index in [2.05, 4.69) is 0 Å². The summed E-state index contributed by atoms with van der Waals surface area (Å²) in [4.78, 5) is 10.8. The largest absolute Gasteiger partial charge is 0.496 e. The number of carboxylic acid groups (broad SMARTS) is 1. The van der Waals surface area contributed by atoms with Crippen LogP contribution in [0.15, 0.2) is 18.2 Å². The summed E-state index contributed by atoms with van der Waals surface area (Å²) in [6.45, 7) is 0. The third-order valence-corrected chi connectivity index (χ3v) is 2.74. The van der Waals surface area contributed by atoms with Gasteiger partial charge < -0.3 is 9.84 Å². The highest BCUT2D eigenvalue weighted by atomic mass is 16.5. The first kappa shape index (κ1) is 10.0. The first-order valence-electron chi connectivity index (χ1n) is 5.11. The Labute approximate surface area is 88.7 Å². The minimum Gasteiger partial charge on any atom is -0.496 e. The molecule has 0 spiro atoms. The van der Waals surface area contributed by atoms with Crippen LogP contribution in [0.25, 0.3) is 0 Å². The molecule has 0 aliphatic heterocycles. The van der Waals surface area contributed by atoms with Crippen LogP contribution in [0.3, 0.4) is 0 Å². The van der Waals surface area contributed by atoms with E-state index in [1.807, 2.05) is 6.07 Å². The Hall–Kier alpha value is -1.51. The van der Waals surface area contributed by atoms with Gasteiger partial charge in [0.05, 0.1) is 12.7 Å². The van der Waals surface area contributed by atoms with Crippen molar-refractivity contribution in [2.24, 2.45) is 5.92 Å². The number of hydrogen-bond donors (Lipinski definition) is 1. The fourth-order valence-corrected chi connectivity index (χ4v) is 1.68. The van der Waals surface area contributed by atoms with Gasteiger partial charge in [-0.15, -0.1) is 0 Å². The molecule has 1 aliphatic carbocycles. The molecule has 1 aromatic rings. The van der Waals surface area contributed by atoms with Crippen LogP contribution in [0, 0.1) is 5.92 Å². The molecule has 0 atom stereocenters. The SMILES string of the molecule is COc1cc(C(=O)O)ccc1CC1CC1. The molecule has 2 rings (SSSR count). The van der Waals surface area contributed by atoms with Gasteiger partial charge >= 0.3 is 5.97 Å². The number of carbonyl (C=O) groups is 1. The summed E-state index contributed by atoms with van der Waals surface area (Å²) < 4.78 is 5.20. The van der Waals surface area contributed by atoms with Gasteiger partial charge in [0, 0.05) is 0 Å². The lowest BCUT2D eigenvalue weighted by molar-refractivity contribution is 0.0696. The molecule has 0 amide bonds. The summed E-state index contributed by atoms with van der Waals surface area (Å²) in [6, 6.07) is 5.10. The number of rotatable bonds is 4. The summed E-state index contributed by atoms with van der Waals surface area (Å²) in [5.74, 6) is 0.558. The number of hydrogen-bond acceptors (Lipinski definition) is 2. The monoisotopic (exact) mass is 206 g/mol. The van der Waals surface area contributed by atoms with Crippen molar-refractivity contribution in [2.45, 2.75) is 19.3 Å². The van der Waals surface area contributed by atoms with Crippen molar-refractivity contribution in [3.8, 4) is 5.75 Å². The van der Waals surface area contributed by atoms with E-state index in [1.165, 1.54) is 12.8 Å². The van der Waals surface area contributed by atoms with Gasteiger partial charge in [-0.2, -0.15) is 0 Å². The highest BCUT2D eigenvalue weighted by Gasteiger charge is 2.23. The molecule has 3 heteroatoms. The van der Waals surface area contributed by atoms with E-state index in [1.54, 1.807) is 19.2 Å². The van der Waals surface area contributed by atoms with Gasteiger partial charge in [-0.05, 0) is 42.9 Å². The first-order chi connectivity index (χ1) is 7.20. The molecule has 80 valence electrons. The van der Waals surface area contributed by atoms with Crippen LogP contribution in [0.4, 0.5) is 0 Å². The Morgan fingerprint density at radius 1 is 1.53 bits per heavy atom. The molecule has 0 aromatic heterocycles. The van der Waals surface area contributed by atoms with Gasteiger partial charge in [-0.1, -0.05) is 6.07 Å². The molecule has 3 nitrogen and oxygen atoms in total. The highest BCUT2D eigenvalue weighted by Crippen LogP contribution is 2.35. The summed E-state index contributed by atoms with van der Waals surface area (Å²) in [5, 5.41) is 8.83. The molecule has 1 saturated carbocycles. The lowest BCUT2D eigenvalue weighted by Crippen LogP contribution is -2.00. The zero-order valence-electron chi connectivity index (χ0n) is 8.69. The number of carboxylic acids is 1. The Kier molecular flexibility index (Phi) is 2.62. The van der Waals surface area contributed by atoms with E-state index in [0.717, 1.165) is 17.9 Å². The van der Waals surface area contributed by atoms with Crippen LogP contribution in [0.1, 0.15) is 28.8 Å². The van der Waals surface area contributed by atoms with E-state index < -0.39 is 5.97 Å². The molecule has 0 radical (unpaired) electrons. The summed E-state index contributed by atoms with van der Waals surface area (Å²) in [6.07, 6.45) is 3.57. The average Bonchev–Trinajstić information content (AvgIpc) is 3.02. The Balaban J connectivity index is 2.25. The molecule has 0 saturated heterocycles. The van der Waals surface area contributed by atoms with Crippen molar-refractivity contribution in [1.82, 2.24) is 0 Å². The Morgan fingerprint density at radius 2 is 2.27 bits per heavy atom. The molecule has 1 aromatic carbocycles. The van der Waals surface area contributed by atoms with Gasteiger partial charge in [-0.25, -0.2) is 4.79 Å². The van der Waals surface area contributed by atoms with Crippen molar-refractivity contribution in [3.63, 3.8) is 0 Å². The number of methoxy groups -OCH3 is 1. The van der Waals surface area contributed by atoms with Crippen LogP contribution in [-0.4, -0.2) is 18.2 Å². The van der Waals surface area contributed by atoms with Crippen LogP contribution in [-0.2, 0) is 6.42 Å². The van der Waals surface area contributed by atoms with Crippen molar-refractivity contribution in [3.05, 3.63) is 29.3 Å². The maximum Gasteiger partial charge on any atom is 0.335 e. The van der Waals surface area contributed by atoms with Gasteiger partial charge in [-0.3, -0.25) is 0 Å². The van der Waals surface area contributed by atoms with Crippen LogP contribution in [0.2, 0.25) is 0 Å². The van der Waals surface area contributed by atoms with Crippen molar-refractivity contribution in [1.29, 1.82) is 0 Å². The topological polar surface area (TPSA) is 46.5 Å². The summed E-state index contributed by atoms with van der Waals surface area (Å²) >= 11 is 0. The lowest BCUT2D eigenvalue weighted by atomic mass is 10.1. The average molecular weight is 206 g/mol. The number of ether oxygens (including phenoxy) is 1. The Bertz CT molecular complexity index is 380. The van der Waals surface area contributed by atoms with E-state index in [4.69, 9.17) is 9.84 Å². The van der Waals surface area contributed by atoms with E-state index in [9.17, 15) is 4.79 Å². The third-order valence-electron chi connectivity index (χ3n) is 2.74. The van der Waals surface area contributed by atoms with Crippen molar-refractivity contribution in [2.75, 3.05) is 7.11 Å². The fraction of sp³-hybridized carbons (Fsp3) is 0.417. The highest BCUT2D eigenvalue weighted by molar-refractivity contribution is 5.88. The van der Waals surface area contributed by atoms with E-state index in [0.29, 0.717) is 5.75 Å². The van der Waals surface area contributed by atoms with Gasteiger partial charge in [0.2, 0.25) is 0 Å². The molecule has 0 heterocycles.